The highest BCUT2D eigenvalue weighted by Gasteiger charge is 2.09. The van der Waals surface area contributed by atoms with E-state index in [1.807, 2.05) is 12.1 Å². The summed E-state index contributed by atoms with van der Waals surface area (Å²) in [5.74, 6) is 1.26. The van der Waals surface area contributed by atoms with Gasteiger partial charge in [0.05, 0.1) is 24.8 Å². The first-order valence-corrected chi connectivity index (χ1v) is 8.42. The third-order valence-electron chi connectivity index (χ3n) is 3.15. The summed E-state index contributed by atoms with van der Waals surface area (Å²) in [5.41, 5.74) is 1.23. The molecule has 0 radical (unpaired) electrons. The van der Waals surface area contributed by atoms with Crippen molar-refractivity contribution in [2.75, 3.05) is 19.5 Å². The molecule has 7 nitrogen and oxygen atoms in total. The van der Waals surface area contributed by atoms with Gasteiger partial charge in [-0.15, -0.1) is 10.2 Å². The van der Waals surface area contributed by atoms with Gasteiger partial charge in [-0.1, -0.05) is 17.8 Å². The molecule has 128 valence electrons. The molecular formula is C17H15N3O4S. The molecule has 0 aliphatic rings. The Hall–Kier alpha value is -2.87. The van der Waals surface area contributed by atoms with Gasteiger partial charge < -0.3 is 13.9 Å². The highest BCUT2D eigenvalue weighted by molar-refractivity contribution is 7.99. The number of nitrogens with zero attached hydrogens (tertiary/aromatic N) is 3. The normalized spacial score (nSPS) is 10.4. The van der Waals surface area contributed by atoms with Crippen LogP contribution in [0.1, 0.15) is 10.4 Å². The lowest BCUT2D eigenvalue weighted by Gasteiger charge is -2.06. The van der Waals surface area contributed by atoms with Crippen LogP contribution in [0.25, 0.3) is 11.5 Å². The fraction of sp³-hybridized carbons (Fsp3) is 0.176. The van der Waals surface area contributed by atoms with Gasteiger partial charge in [-0.2, -0.15) is 0 Å². The van der Waals surface area contributed by atoms with E-state index in [-0.39, 0.29) is 0 Å². The van der Waals surface area contributed by atoms with Gasteiger partial charge in [0.25, 0.3) is 5.22 Å². The van der Waals surface area contributed by atoms with Crippen molar-refractivity contribution in [2.45, 2.75) is 5.22 Å². The number of esters is 1. The lowest BCUT2D eigenvalue weighted by atomic mass is 10.2. The van der Waals surface area contributed by atoms with E-state index in [2.05, 4.69) is 19.9 Å². The number of thioether (sulfide) groups is 1. The maximum absolute atomic E-state index is 11.5. The number of carbonyl (C=O) groups is 1. The van der Waals surface area contributed by atoms with E-state index in [4.69, 9.17) is 9.15 Å². The first-order valence-electron chi connectivity index (χ1n) is 7.44. The van der Waals surface area contributed by atoms with Crippen LogP contribution in [0, 0.1) is 0 Å². The molecule has 0 amide bonds. The molecule has 0 unspecified atom stereocenters. The standard InChI is InChI=1S/C17H15N3O4S/c1-22-16(21)12-4-2-6-14(10-12)23-8-9-25-17-20-19-15(24-17)13-5-3-7-18-11-13/h2-7,10-11H,8-9H2,1H3. The van der Waals surface area contributed by atoms with E-state index < -0.39 is 5.97 Å². The van der Waals surface area contributed by atoms with Crippen LogP contribution in [0.2, 0.25) is 0 Å². The second-order valence-electron chi connectivity index (χ2n) is 4.83. The van der Waals surface area contributed by atoms with Crippen molar-refractivity contribution >= 4 is 17.7 Å². The average Bonchev–Trinajstić information content (AvgIpc) is 3.14. The van der Waals surface area contributed by atoms with Crippen LogP contribution in [0.4, 0.5) is 0 Å². The molecular weight excluding hydrogens is 342 g/mol. The fourth-order valence-corrected chi connectivity index (χ4v) is 2.57. The van der Waals surface area contributed by atoms with Crippen LogP contribution < -0.4 is 4.74 Å². The molecule has 0 aliphatic carbocycles. The van der Waals surface area contributed by atoms with Crippen molar-refractivity contribution in [1.82, 2.24) is 15.2 Å². The second kappa shape index (κ2) is 8.29. The number of pyridine rings is 1. The molecule has 0 fully saturated rings. The molecule has 3 rings (SSSR count). The zero-order chi connectivity index (χ0) is 17.5. The molecule has 0 spiro atoms. The first-order chi connectivity index (χ1) is 12.3. The smallest absolute Gasteiger partial charge is 0.337 e. The topological polar surface area (TPSA) is 87.3 Å². The number of carbonyl (C=O) groups excluding carboxylic acids is 1. The number of ether oxygens (including phenoxy) is 2. The molecule has 0 saturated carbocycles. The lowest BCUT2D eigenvalue weighted by Crippen LogP contribution is -2.03. The Labute approximate surface area is 148 Å². The van der Waals surface area contributed by atoms with Crippen molar-refractivity contribution in [3.63, 3.8) is 0 Å². The molecule has 2 aromatic heterocycles. The van der Waals surface area contributed by atoms with E-state index in [0.717, 1.165) is 5.56 Å². The average molecular weight is 357 g/mol. The minimum atomic E-state index is -0.395. The van der Waals surface area contributed by atoms with E-state index in [1.165, 1.54) is 18.9 Å². The number of methoxy groups -OCH3 is 1. The van der Waals surface area contributed by atoms with Gasteiger partial charge in [-0.05, 0) is 30.3 Å². The van der Waals surface area contributed by atoms with Gasteiger partial charge in [0, 0.05) is 18.1 Å². The van der Waals surface area contributed by atoms with Gasteiger partial charge in [0.1, 0.15) is 5.75 Å². The SMILES string of the molecule is COC(=O)c1cccc(OCCSc2nnc(-c3cccnc3)o2)c1. The van der Waals surface area contributed by atoms with Crippen molar-refractivity contribution in [3.8, 4) is 17.2 Å². The zero-order valence-electron chi connectivity index (χ0n) is 13.4. The monoisotopic (exact) mass is 357 g/mol. The largest absolute Gasteiger partial charge is 0.493 e. The second-order valence-corrected chi connectivity index (χ2v) is 5.88. The van der Waals surface area contributed by atoms with Crippen LogP contribution in [0.15, 0.2) is 58.4 Å². The third-order valence-corrected chi connectivity index (χ3v) is 3.93. The molecule has 0 bridgehead atoms. The summed E-state index contributed by atoms with van der Waals surface area (Å²) in [6.45, 7) is 0.430. The predicted octanol–water partition coefficient (Wildman–Crippen LogP) is 3.09. The maximum atomic E-state index is 11.5. The Morgan fingerprint density at radius 1 is 1.24 bits per heavy atom. The van der Waals surface area contributed by atoms with Gasteiger partial charge in [-0.25, -0.2) is 4.79 Å². The van der Waals surface area contributed by atoms with E-state index in [1.54, 1.807) is 36.7 Å². The summed E-state index contributed by atoms with van der Waals surface area (Å²) in [6, 6.07) is 10.5. The summed E-state index contributed by atoms with van der Waals surface area (Å²) >= 11 is 1.39. The Morgan fingerprint density at radius 3 is 2.96 bits per heavy atom. The maximum Gasteiger partial charge on any atom is 0.337 e. The van der Waals surface area contributed by atoms with Crippen molar-refractivity contribution in [1.29, 1.82) is 0 Å². The quantitative estimate of drug-likeness (QED) is 0.362. The van der Waals surface area contributed by atoms with E-state index >= 15 is 0 Å². The van der Waals surface area contributed by atoms with Crippen molar-refractivity contribution in [3.05, 3.63) is 54.4 Å². The Kier molecular flexibility index (Phi) is 5.63. The molecule has 0 N–H and O–H groups in total. The van der Waals surface area contributed by atoms with Crippen LogP contribution in [0.5, 0.6) is 5.75 Å². The minimum absolute atomic E-state index is 0.395. The lowest BCUT2D eigenvalue weighted by molar-refractivity contribution is 0.0600. The van der Waals surface area contributed by atoms with Crippen LogP contribution >= 0.6 is 11.8 Å². The number of hydrogen-bond donors (Lipinski definition) is 0. The minimum Gasteiger partial charge on any atom is -0.493 e. The predicted molar refractivity (Wildman–Crippen MR) is 91.5 cm³/mol. The van der Waals surface area contributed by atoms with Gasteiger partial charge in [0.2, 0.25) is 5.89 Å². The number of aromatic nitrogens is 3. The van der Waals surface area contributed by atoms with E-state index in [9.17, 15) is 4.79 Å². The highest BCUT2D eigenvalue weighted by atomic mass is 32.2. The molecule has 0 aliphatic heterocycles. The van der Waals surface area contributed by atoms with Gasteiger partial charge in [-0.3, -0.25) is 4.98 Å². The Morgan fingerprint density at radius 2 is 2.16 bits per heavy atom. The first kappa shape index (κ1) is 17.0. The number of benzene rings is 1. The molecule has 2 heterocycles. The molecule has 0 atom stereocenters. The summed E-state index contributed by atoms with van der Waals surface area (Å²) < 4.78 is 15.9. The number of hydrogen-bond acceptors (Lipinski definition) is 8. The van der Waals surface area contributed by atoms with Crippen molar-refractivity contribution in [2.24, 2.45) is 0 Å². The molecule has 0 saturated heterocycles. The van der Waals surface area contributed by atoms with Crippen LogP contribution in [0.3, 0.4) is 0 Å². The van der Waals surface area contributed by atoms with E-state index in [0.29, 0.717) is 34.8 Å². The molecule has 8 heteroatoms. The van der Waals surface area contributed by atoms with Crippen LogP contribution in [-0.4, -0.2) is 40.6 Å². The zero-order valence-corrected chi connectivity index (χ0v) is 14.2. The Balaban J connectivity index is 1.49. The molecule has 1 aromatic carbocycles. The summed E-state index contributed by atoms with van der Waals surface area (Å²) in [7, 11) is 1.34. The molecule has 25 heavy (non-hydrogen) atoms. The number of rotatable bonds is 7. The summed E-state index contributed by atoms with van der Waals surface area (Å²) in [4.78, 5) is 15.5. The summed E-state index contributed by atoms with van der Waals surface area (Å²) in [6.07, 6.45) is 3.35. The highest BCUT2D eigenvalue weighted by Crippen LogP contribution is 2.22. The van der Waals surface area contributed by atoms with Gasteiger partial charge >= 0.3 is 5.97 Å². The summed E-state index contributed by atoms with van der Waals surface area (Å²) in [5, 5.41) is 8.45. The molecule has 3 aromatic rings. The van der Waals surface area contributed by atoms with Crippen LogP contribution in [-0.2, 0) is 4.74 Å². The fourth-order valence-electron chi connectivity index (χ4n) is 1.99. The Bertz CT molecular complexity index is 839. The third kappa shape index (κ3) is 4.57. The van der Waals surface area contributed by atoms with Crippen molar-refractivity contribution < 1.29 is 18.7 Å². The van der Waals surface area contributed by atoms with Gasteiger partial charge in [0.15, 0.2) is 0 Å².